The lowest BCUT2D eigenvalue weighted by Crippen LogP contribution is -2.20. The molecule has 9 heteroatoms. The maximum Gasteiger partial charge on any atom is 0.246 e. The summed E-state index contributed by atoms with van der Waals surface area (Å²) in [5, 5.41) is 8.10. The van der Waals surface area contributed by atoms with Crippen LogP contribution in [0.4, 0.5) is 5.69 Å². The smallest absolute Gasteiger partial charge is 0.246 e. The number of aryl methyl sites for hydroxylation is 1. The first-order valence-corrected chi connectivity index (χ1v) is 9.23. The Hall–Kier alpha value is -2.09. The number of benzene rings is 1. The van der Waals surface area contributed by atoms with Crippen molar-refractivity contribution < 1.29 is 4.79 Å². The molecular weight excluding hydrogens is 393 g/mol. The number of carbonyl (C=O) groups excluding carboxylic acids is 1. The van der Waals surface area contributed by atoms with E-state index in [1.54, 1.807) is 18.2 Å². The van der Waals surface area contributed by atoms with Crippen molar-refractivity contribution in [1.29, 1.82) is 0 Å². The molecular formula is C17H17Cl2N5OS. The third-order valence-electron chi connectivity index (χ3n) is 3.67. The number of nitrogens with zero attached hydrogens (tertiary/aromatic N) is 4. The molecule has 3 rings (SSSR count). The number of carbonyl (C=O) groups is 1. The van der Waals surface area contributed by atoms with E-state index in [0.29, 0.717) is 20.5 Å². The zero-order valence-electron chi connectivity index (χ0n) is 14.0. The van der Waals surface area contributed by atoms with Crippen molar-refractivity contribution in [2.75, 3.05) is 5.32 Å². The SMILES string of the molecule is CCCc1nn(CC(=O)Nc2ccc(Cl)c(Cl)c2)c(=S)n1-n1cccc1. The highest BCUT2D eigenvalue weighted by Gasteiger charge is 2.14. The van der Waals surface area contributed by atoms with Crippen molar-refractivity contribution in [3.05, 3.63) is 63.4 Å². The Balaban J connectivity index is 1.83. The van der Waals surface area contributed by atoms with Gasteiger partial charge in [-0.15, -0.1) is 0 Å². The Morgan fingerprint density at radius 1 is 1.23 bits per heavy atom. The predicted molar refractivity (Wildman–Crippen MR) is 105 cm³/mol. The lowest BCUT2D eigenvalue weighted by molar-refractivity contribution is -0.116. The normalized spacial score (nSPS) is 10.9. The van der Waals surface area contributed by atoms with Gasteiger partial charge in [-0.05, 0) is 49.0 Å². The molecule has 0 aliphatic heterocycles. The largest absolute Gasteiger partial charge is 0.324 e. The van der Waals surface area contributed by atoms with Gasteiger partial charge in [0.15, 0.2) is 5.82 Å². The zero-order valence-corrected chi connectivity index (χ0v) is 16.4. The molecule has 6 nitrogen and oxygen atoms in total. The minimum atomic E-state index is -0.250. The van der Waals surface area contributed by atoms with Crippen LogP contribution in [0.5, 0.6) is 0 Å². The summed E-state index contributed by atoms with van der Waals surface area (Å²) in [5.74, 6) is 0.552. The van der Waals surface area contributed by atoms with Gasteiger partial charge in [-0.2, -0.15) is 5.10 Å². The van der Waals surface area contributed by atoms with Crippen molar-refractivity contribution in [2.24, 2.45) is 0 Å². The number of rotatable bonds is 6. The number of amides is 1. The molecule has 0 unspecified atom stereocenters. The molecule has 0 aliphatic carbocycles. The van der Waals surface area contributed by atoms with Crippen LogP contribution in [-0.2, 0) is 17.8 Å². The van der Waals surface area contributed by atoms with E-state index >= 15 is 0 Å². The molecule has 0 aliphatic rings. The molecule has 0 bridgehead atoms. The van der Waals surface area contributed by atoms with Crippen molar-refractivity contribution in [3.63, 3.8) is 0 Å². The first-order chi connectivity index (χ1) is 12.5. The zero-order chi connectivity index (χ0) is 18.7. The molecule has 1 N–H and O–H groups in total. The second-order valence-corrected chi connectivity index (χ2v) is 6.84. The van der Waals surface area contributed by atoms with Crippen LogP contribution >= 0.6 is 35.4 Å². The molecule has 136 valence electrons. The van der Waals surface area contributed by atoms with Crippen molar-refractivity contribution >= 4 is 47.0 Å². The van der Waals surface area contributed by atoms with E-state index < -0.39 is 0 Å². The Bertz CT molecular complexity index is 978. The average Bonchev–Trinajstić information content (AvgIpc) is 3.20. The van der Waals surface area contributed by atoms with Crippen LogP contribution in [0.1, 0.15) is 19.2 Å². The van der Waals surface area contributed by atoms with Gasteiger partial charge in [0.25, 0.3) is 0 Å². The summed E-state index contributed by atoms with van der Waals surface area (Å²) in [6.07, 6.45) is 5.44. The van der Waals surface area contributed by atoms with Gasteiger partial charge in [0.2, 0.25) is 10.7 Å². The van der Waals surface area contributed by atoms with Gasteiger partial charge < -0.3 is 5.32 Å². The lowest BCUT2D eigenvalue weighted by atomic mass is 10.3. The second kappa shape index (κ2) is 8.07. The number of hydrogen-bond donors (Lipinski definition) is 1. The van der Waals surface area contributed by atoms with Crippen LogP contribution in [0.2, 0.25) is 10.0 Å². The van der Waals surface area contributed by atoms with Crippen LogP contribution < -0.4 is 5.32 Å². The summed E-state index contributed by atoms with van der Waals surface area (Å²) in [7, 11) is 0. The van der Waals surface area contributed by atoms with Gasteiger partial charge in [0.05, 0.1) is 10.0 Å². The molecule has 0 spiro atoms. The maximum absolute atomic E-state index is 12.4. The van der Waals surface area contributed by atoms with E-state index in [1.165, 1.54) is 4.68 Å². The highest BCUT2D eigenvalue weighted by atomic mass is 35.5. The quantitative estimate of drug-likeness (QED) is 0.612. The van der Waals surface area contributed by atoms with E-state index in [1.807, 2.05) is 33.9 Å². The third kappa shape index (κ3) is 4.00. The van der Waals surface area contributed by atoms with E-state index in [4.69, 9.17) is 35.4 Å². The van der Waals surface area contributed by atoms with Crippen LogP contribution in [0.3, 0.4) is 0 Å². The molecule has 1 aromatic carbocycles. The van der Waals surface area contributed by atoms with Crippen LogP contribution in [-0.4, -0.2) is 25.0 Å². The molecule has 2 aromatic heterocycles. The first kappa shape index (κ1) is 18.7. The standard InChI is InChI=1S/C17H17Cl2N5OS/c1-2-5-15-21-23(17(26)24(15)22-8-3-4-9-22)11-16(25)20-12-6-7-13(18)14(19)10-12/h3-4,6-10H,2,5,11H2,1H3,(H,20,25). The van der Waals surface area contributed by atoms with Crippen LogP contribution in [0.25, 0.3) is 0 Å². The molecule has 0 saturated heterocycles. The number of nitrogens with one attached hydrogen (secondary N) is 1. The van der Waals surface area contributed by atoms with Crippen molar-refractivity contribution in [3.8, 4) is 0 Å². The van der Waals surface area contributed by atoms with E-state index in [2.05, 4.69) is 17.3 Å². The molecule has 2 heterocycles. The number of aromatic nitrogens is 4. The van der Waals surface area contributed by atoms with Gasteiger partial charge in [-0.25, -0.2) is 9.36 Å². The molecule has 3 aromatic rings. The average molecular weight is 410 g/mol. The molecule has 0 saturated carbocycles. The van der Waals surface area contributed by atoms with Crippen molar-refractivity contribution in [1.82, 2.24) is 19.1 Å². The van der Waals surface area contributed by atoms with Gasteiger partial charge >= 0.3 is 0 Å². The summed E-state index contributed by atoms with van der Waals surface area (Å²) in [4.78, 5) is 12.4. The van der Waals surface area contributed by atoms with Crippen LogP contribution in [0, 0.1) is 4.77 Å². The molecule has 0 fully saturated rings. The molecule has 0 radical (unpaired) electrons. The monoisotopic (exact) mass is 409 g/mol. The van der Waals surface area contributed by atoms with Gasteiger partial charge in [-0.1, -0.05) is 30.1 Å². The fourth-order valence-corrected chi connectivity index (χ4v) is 3.13. The predicted octanol–water partition coefficient (Wildman–Crippen LogP) is 4.42. The van der Waals surface area contributed by atoms with Crippen LogP contribution in [0.15, 0.2) is 42.7 Å². The number of anilines is 1. The second-order valence-electron chi connectivity index (χ2n) is 5.66. The number of halogens is 2. The summed E-state index contributed by atoms with van der Waals surface area (Å²) in [6, 6.07) is 8.73. The van der Waals surface area contributed by atoms with E-state index in [0.717, 1.165) is 18.7 Å². The Labute approximate surface area is 165 Å². The minimum Gasteiger partial charge on any atom is -0.324 e. The van der Waals surface area contributed by atoms with Gasteiger partial charge in [0, 0.05) is 24.5 Å². The highest BCUT2D eigenvalue weighted by Crippen LogP contribution is 2.25. The fraction of sp³-hybridized carbons (Fsp3) is 0.235. The summed E-state index contributed by atoms with van der Waals surface area (Å²) in [6.45, 7) is 2.07. The van der Waals surface area contributed by atoms with Crippen molar-refractivity contribution in [2.45, 2.75) is 26.3 Å². The summed E-state index contributed by atoms with van der Waals surface area (Å²) >= 11 is 17.4. The molecule has 26 heavy (non-hydrogen) atoms. The van der Waals surface area contributed by atoms with Gasteiger partial charge in [0.1, 0.15) is 6.54 Å². The van der Waals surface area contributed by atoms with E-state index in [9.17, 15) is 4.79 Å². The minimum absolute atomic E-state index is 0.00403. The summed E-state index contributed by atoms with van der Waals surface area (Å²) < 4.78 is 5.65. The first-order valence-electron chi connectivity index (χ1n) is 8.07. The lowest BCUT2D eigenvalue weighted by Gasteiger charge is -2.07. The van der Waals surface area contributed by atoms with E-state index in [-0.39, 0.29) is 12.5 Å². The Morgan fingerprint density at radius 3 is 2.62 bits per heavy atom. The molecule has 1 amide bonds. The Morgan fingerprint density at radius 2 is 1.96 bits per heavy atom. The number of hydrogen-bond acceptors (Lipinski definition) is 3. The topological polar surface area (TPSA) is 56.8 Å². The maximum atomic E-state index is 12.4. The summed E-state index contributed by atoms with van der Waals surface area (Å²) in [5.41, 5.74) is 0.564. The highest BCUT2D eigenvalue weighted by molar-refractivity contribution is 7.71. The molecule has 0 atom stereocenters. The Kier molecular flexibility index (Phi) is 5.80. The van der Waals surface area contributed by atoms with Gasteiger partial charge in [-0.3, -0.25) is 9.47 Å². The third-order valence-corrected chi connectivity index (χ3v) is 4.80. The fourth-order valence-electron chi connectivity index (χ4n) is 2.53.